The van der Waals surface area contributed by atoms with Gasteiger partial charge in [0.05, 0.1) is 23.8 Å². The number of nitrogens with zero attached hydrogens (tertiary/aromatic N) is 2. The average Bonchev–Trinajstić information content (AvgIpc) is 2.95. The van der Waals surface area contributed by atoms with Gasteiger partial charge in [-0.15, -0.1) is 0 Å². The summed E-state index contributed by atoms with van der Waals surface area (Å²) >= 11 is 0. The number of fused-ring (bicyclic) bond motifs is 1. The zero-order chi connectivity index (χ0) is 17.1. The van der Waals surface area contributed by atoms with Crippen LogP contribution >= 0.6 is 0 Å². The molecular weight excluding hydrogens is 312 g/mol. The molecule has 2 heterocycles. The van der Waals surface area contributed by atoms with E-state index in [0.717, 1.165) is 5.56 Å². The zero-order valence-electron chi connectivity index (χ0n) is 13.4. The second-order valence-corrected chi connectivity index (χ2v) is 5.75. The van der Waals surface area contributed by atoms with Crippen LogP contribution < -0.4 is 5.56 Å². The third kappa shape index (κ3) is 3.29. The van der Waals surface area contributed by atoms with Gasteiger partial charge in [0.1, 0.15) is 0 Å². The van der Waals surface area contributed by atoms with Gasteiger partial charge in [-0.1, -0.05) is 12.1 Å². The number of para-hydroxylation sites is 1. The van der Waals surface area contributed by atoms with Crippen LogP contribution in [-0.2, 0) is 25.6 Å². The Labute approximate surface area is 138 Å². The van der Waals surface area contributed by atoms with Crippen LogP contribution in [0.25, 0.3) is 10.9 Å². The molecule has 0 radical (unpaired) electrons. The summed E-state index contributed by atoms with van der Waals surface area (Å²) < 4.78 is 11.3. The van der Waals surface area contributed by atoms with Gasteiger partial charge in [0.2, 0.25) is 6.10 Å². The van der Waals surface area contributed by atoms with Crippen molar-refractivity contribution in [1.29, 1.82) is 0 Å². The monoisotopic (exact) mass is 330 g/mol. The molecule has 24 heavy (non-hydrogen) atoms. The highest BCUT2D eigenvalue weighted by atomic mass is 16.6. The van der Waals surface area contributed by atoms with Gasteiger partial charge < -0.3 is 9.47 Å². The molecule has 0 saturated carbocycles. The lowest BCUT2D eigenvalue weighted by atomic mass is 10.1. The Morgan fingerprint density at radius 1 is 1.42 bits per heavy atom. The van der Waals surface area contributed by atoms with Crippen LogP contribution in [0.5, 0.6) is 0 Å². The number of aryl methyl sites for hydroxylation is 2. The number of rotatable bonds is 5. The standard InChI is InChI=1S/C17H18N2O5/c1-11-4-2-5-12-15(11)18-10-19(16(12)21)8-3-6-14(20)24-13-7-9-23-17(13)22/h2,4-5,10,13H,3,6-9H2,1H3/t13-/m0/s1. The van der Waals surface area contributed by atoms with E-state index < -0.39 is 18.0 Å². The molecule has 2 aromatic rings. The molecule has 0 unspecified atom stereocenters. The molecule has 1 aliphatic heterocycles. The molecule has 0 aliphatic carbocycles. The van der Waals surface area contributed by atoms with Gasteiger partial charge in [-0.05, 0) is 25.0 Å². The number of hydrogen-bond donors (Lipinski definition) is 0. The summed E-state index contributed by atoms with van der Waals surface area (Å²) in [6.07, 6.45) is 1.67. The summed E-state index contributed by atoms with van der Waals surface area (Å²) in [4.78, 5) is 39.7. The summed E-state index contributed by atoms with van der Waals surface area (Å²) in [5.74, 6) is -0.954. The lowest BCUT2D eigenvalue weighted by Gasteiger charge is -2.09. The van der Waals surface area contributed by atoms with Gasteiger partial charge >= 0.3 is 11.9 Å². The normalized spacial score (nSPS) is 17.0. The van der Waals surface area contributed by atoms with E-state index in [2.05, 4.69) is 4.98 Å². The van der Waals surface area contributed by atoms with Gasteiger partial charge in [0.25, 0.3) is 5.56 Å². The first-order valence-electron chi connectivity index (χ1n) is 7.87. The molecule has 7 heteroatoms. The van der Waals surface area contributed by atoms with Crippen LogP contribution in [0.3, 0.4) is 0 Å². The number of aromatic nitrogens is 2. The molecule has 1 aromatic carbocycles. The molecule has 7 nitrogen and oxygen atoms in total. The molecule has 1 aromatic heterocycles. The quantitative estimate of drug-likeness (QED) is 0.769. The van der Waals surface area contributed by atoms with Crippen molar-refractivity contribution < 1.29 is 19.1 Å². The van der Waals surface area contributed by atoms with Crippen LogP contribution in [0.1, 0.15) is 24.8 Å². The first kappa shape index (κ1) is 16.2. The number of cyclic esters (lactones) is 1. The number of hydrogen-bond acceptors (Lipinski definition) is 6. The predicted octanol–water partition coefficient (Wildman–Crippen LogP) is 1.34. The molecule has 1 fully saturated rings. The van der Waals surface area contributed by atoms with Crippen molar-refractivity contribution in [1.82, 2.24) is 9.55 Å². The predicted molar refractivity (Wildman–Crippen MR) is 85.4 cm³/mol. The van der Waals surface area contributed by atoms with E-state index in [4.69, 9.17) is 9.47 Å². The van der Waals surface area contributed by atoms with E-state index in [1.54, 1.807) is 6.07 Å². The van der Waals surface area contributed by atoms with Gasteiger partial charge in [0.15, 0.2) is 0 Å². The van der Waals surface area contributed by atoms with Gasteiger partial charge in [-0.25, -0.2) is 9.78 Å². The van der Waals surface area contributed by atoms with Crippen molar-refractivity contribution in [3.05, 3.63) is 40.4 Å². The molecule has 1 atom stereocenters. The fourth-order valence-electron chi connectivity index (χ4n) is 2.69. The molecule has 1 aliphatic rings. The Kier molecular flexibility index (Phi) is 4.59. The first-order valence-corrected chi connectivity index (χ1v) is 7.87. The number of carbonyl (C=O) groups is 2. The van der Waals surface area contributed by atoms with E-state index in [0.29, 0.717) is 30.3 Å². The summed E-state index contributed by atoms with van der Waals surface area (Å²) in [7, 11) is 0. The topological polar surface area (TPSA) is 87.5 Å². The van der Waals surface area contributed by atoms with Crippen molar-refractivity contribution in [3.8, 4) is 0 Å². The molecular formula is C17H18N2O5. The number of benzene rings is 1. The molecule has 0 amide bonds. The Morgan fingerprint density at radius 3 is 3.00 bits per heavy atom. The van der Waals surface area contributed by atoms with Crippen LogP contribution in [0.2, 0.25) is 0 Å². The molecule has 0 bridgehead atoms. The van der Waals surface area contributed by atoms with E-state index in [-0.39, 0.29) is 18.6 Å². The summed E-state index contributed by atoms with van der Waals surface area (Å²) in [5.41, 5.74) is 1.51. The molecule has 0 N–H and O–H groups in total. The summed E-state index contributed by atoms with van der Waals surface area (Å²) in [5, 5.41) is 0.564. The number of carbonyl (C=O) groups excluding carboxylic acids is 2. The maximum atomic E-state index is 12.4. The minimum atomic E-state index is -0.787. The van der Waals surface area contributed by atoms with Gasteiger partial charge in [0, 0.05) is 19.4 Å². The van der Waals surface area contributed by atoms with Crippen molar-refractivity contribution in [2.45, 2.75) is 38.8 Å². The van der Waals surface area contributed by atoms with Crippen molar-refractivity contribution in [2.75, 3.05) is 6.61 Å². The first-order chi connectivity index (χ1) is 11.6. The molecule has 1 saturated heterocycles. The zero-order valence-corrected chi connectivity index (χ0v) is 13.4. The van der Waals surface area contributed by atoms with Crippen molar-refractivity contribution in [3.63, 3.8) is 0 Å². The Bertz CT molecular complexity index is 842. The summed E-state index contributed by atoms with van der Waals surface area (Å²) in [6, 6.07) is 5.47. The largest absolute Gasteiger partial charge is 0.463 e. The third-order valence-electron chi connectivity index (χ3n) is 4.00. The maximum absolute atomic E-state index is 12.4. The van der Waals surface area contributed by atoms with E-state index in [1.165, 1.54) is 10.9 Å². The Morgan fingerprint density at radius 2 is 2.25 bits per heavy atom. The highest BCUT2D eigenvalue weighted by Gasteiger charge is 2.29. The second kappa shape index (κ2) is 6.82. The Hall–Kier alpha value is -2.70. The van der Waals surface area contributed by atoms with Gasteiger partial charge in [-0.3, -0.25) is 14.2 Å². The number of esters is 2. The summed E-state index contributed by atoms with van der Waals surface area (Å²) in [6.45, 7) is 2.55. The fourth-order valence-corrected chi connectivity index (χ4v) is 2.69. The smallest absolute Gasteiger partial charge is 0.347 e. The van der Waals surface area contributed by atoms with E-state index in [1.807, 2.05) is 19.1 Å². The van der Waals surface area contributed by atoms with E-state index in [9.17, 15) is 14.4 Å². The van der Waals surface area contributed by atoms with Crippen LogP contribution in [0.15, 0.2) is 29.3 Å². The van der Waals surface area contributed by atoms with Crippen LogP contribution in [-0.4, -0.2) is 34.2 Å². The number of ether oxygens (including phenoxy) is 2. The minimum Gasteiger partial charge on any atom is -0.463 e. The highest BCUT2D eigenvalue weighted by molar-refractivity contribution is 5.81. The lowest BCUT2D eigenvalue weighted by molar-refractivity contribution is -0.160. The highest BCUT2D eigenvalue weighted by Crippen LogP contribution is 2.13. The minimum absolute atomic E-state index is 0.127. The molecule has 3 rings (SSSR count). The molecule has 0 spiro atoms. The van der Waals surface area contributed by atoms with E-state index >= 15 is 0 Å². The van der Waals surface area contributed by atoms with Crippen molar-refractivity contribution >= 4 is 22.8 Å². The lowest BCUT2D eigenvalue weighted by Crippen LogP contribution is -2.24. The Balaban J connectivity index is 1.60. The second-order valence-electron chi connectivity index (χ2n) is 5.75. The van der Waals surface area contributed by atoms with Crippen molar-refractivity contribution in [2.24, 2.45) is 0 Å². The fraction of sp³-hybridized carbons (Fsp3) is 0.412. The SMILES string of the molecule is Cc1cccc2c(=O)n(CCCC(=O)O[C@H]3CCOC3=O)cnc12. The molecule has 126 valence electrons. The van der Waals surface area contributed by atoms with Gasteiger partial charge in [-0.2, -0.15) is 0 Å². The average molecular weight is 330 g/mol. The van der Waals surface area contributed by atoms with Crippen LogP contribution in [0.4, 0.5) is 0 Å². The third-order valence-corrected chi connectivity index (χ3v) is 4.00. The maximum Gasteiger partial charge on any atom is 0.347 e. The van der Waals surface area contributed by atoms with Crippen LogP contribution in [0, 0.1) is 6.92 Å².